The van der Waals surface area contributed by atoms with Gasteiger partial charge in [-0.05, 0) is 48.2 Å². The molecular formula is C21H26N2O4. The maximum absolute atomic E-state index is 12.0. The zero-order valence-electron chi connectivity index (χ0n) is 16.2. The summed E-state index contributed by atoms with van der Waals surface area (Å²) in [5.41, 5.74) is 2.68. The second-order valence-corrected chi connectivity index (χ2v) is 6.10. The van der Waals surface area contributed by atoms with E-state index in [2.05, 4.69) is 24.3 Å². The average Bonchev–Trinajstić information content (AvgIpc) is 2.71. The molecule has 27 heavy (non-hydrogen) atoms. The van der Waals surface area contributed by atoms with Gasteiger partial charge in [0, 0.05) is 11.3 Å². The predicted molar refractivity (Wildman–Crippen MR) is 107 cm³/mol. The lowest BCUT2D eigenvalue weighted by Gasteiger charge is -2.10. The summed E-state index contributed by atoms with van der Waals surface area (Å²) >= 11 is 0. The van der Waals surface area contributed by atoms with E-state index >= 15 is 0 Å². The van der Waals surface area contributed by atoms with Crippen LogP contribution in [0.5, 0.6) is 11.5 Å². The van der Waals surface area contributed by atoms with E-state index in [0.29, 0.717) is 23.0 Å². The van der Waals surface area contributed by atoms with E-state index in [1.807, 2.05) is 24.3 Å². The molecule has 144 valence electrons. The van der Waals surface area contributed by atoms with E-state index in [1.165, 1.54) is 11.8 Å². The van der Waals surface area contributed by atoms with Crippen LogP contribution in [-0.4, -0.2) is 32.9 Å². The van der Waals surface area contributed by atoms with Crippen molar-refractivity contribution in [1.82, 2.24) is 0 Å². The Balaban J connectivity index is 1.86. The first-order valence-corrected chi connectivity index (χ1v) is 8.84. The molecule has 0 aromatic heterocycles. The normalized spacial score (nSPS) is 11.9. The van der Waals surface area contributed by atoms with Crippen LogP contribution in [0.25, 0.3) is 0 Å². The van der Waals surface area contributed by atoms with E-state index in [1.54, 1.807) is 32.4 Å². The number of carbonyl (C=O) groups is 1. The molecule has 0 aliphatic carbocycles. The molecule has 0 radical (unpaired) electrons. The highest BCUT2D eigenvalue weighted by atomic mass is 16.6. The van der Waals surface area contributed by atoms with Crippen molar-refractivity contribution >= 4 is 17.8 Å². The number of oxime groups is 1. The zero-order valence-corrected chi connectivity index (χ0v) is 16.2. The van der Waals surface area contributed by atoms with Gasteiger partial charge in [-0.2, -0.15) is 0 Å². The fraction of sp³-hybridized carbons (Fsp3) is 0.333. The maximum atomic E-state index is 12.0. The van der Waals surface area contributed by atoms with E-state index in [-0.39, 0.29) is 12.5 Å². The summed E-state index contributed by atoms with van der Waals surface area (Å²) in [4.78, 5) is 17.1. The van der Waals surface area contributed by atoms with Crippen LogP contribution in [-0.2, 0) is 9.63 Å². The molecule has 0 aliphatic heterocycles. The van der Waals surface area contributed by atoms with Gasteiger partial charge in [-0.15, -0.1) is 0 Å². The van der Waals surface area contributed by atoms with Gasteiger partial charge in [0.25, 0.3) is 5.91 Å². The van der Waals surface area contributed by atoms with Crippen molar-refractivity contribution in [3.8, 4) is 11.5 Å². The van der Waals surface area contributed by atoms with Crippen LogP contribution >= 0.6 is 0 Å². The maximum Gasteiger partial charge on any atom is 0.265 e. The molecule has 1 N–H and O–H groups in total. The quantitative estimate of drug-likeness (QED) is 0.530. The van der Waals surface area contributed by atoms with Crippen molar-refractivity contribution in [2.75, 3.05) is 26.1 Å². The minimum atomic E-state index is -0.277. The first-order chi connectivity index (χ1) is 13.1. The van der Waals surface area contributed by atoms with Gasteiger partial charge < -0.3 is 19.6 Å². The molecule has 6 heteroatoms. The third-order valence-electron chi connectivity index (χ3n) is 4.27. The highest BCUT2D eigenvalue weighted by Gasteiger charge is 2.06. The van der Waals surface area contributed by atoms with E-state index < -0.39 is 0 Å². The molecule has 0 saturated carbocycles. The standard InChI is InChI=1S/C21H26N2O4/c1-5-15(2)16-6-8-18(9-7-16)23-21(24)14-27-22-13-17-12-19(25-3)10-11-20(17)26-4/h6-13,15H,5,14H2,1-4H3,(H,23,24)/b22-13-/t15-/m1/s1. The molecule has 2 aromatic rings. The molecule has 2 rings (SSSR count). The number of benzene rings is 2. The average molecular weight is 370 g/mol. The minimum Gasteiger partial charge on any atom is -0.497 e. The summed E-state index contributed by atoms with van der Waals surface area (Å²) in [7, 11) is 3.15. The number of ether oxygens (including phenoxy) is 2. The van der Waals surface area contributed by atoms with Crippen LogP contribution in [0.4, 0.5) is 5.69 Å². The first-order valence-electron chi connectivity index (χ1n) is 8.84. The van der Waals surface area contributed by atoms with Crippen molar-refractivity contribution in [2.24, 2.45) is 5.16 Å². The Morgan fingerprint density at radius 3 is 2.52 bits per heavy atom. The molecule has 0 unspecified atom stereocenters. The number of hydrogen-bond donors (Lipinski definition) is 1. The Labute approximate surface area is 160 Å². The number of nitrogens with one attached hydrogen (secondary N) is 1. The van der Waals surface area contributed by atoms with Crippen LogP contribution in [0.15, 0.2) is 47.6 Å². The molecule has 0 heterocycles. The Kier molecular flexibility index (Phi) is 7.67. The summed E-state index contributed by atoms with van der Waals surface area (Å²) in [6.45, 7) is 4.14. The monoisotopic (exact) mass is 370 g/mol. The number of hydrogen-bond acceptors (Lipinski definition) is 5. The van der Waals surface area contributed by atoms with Gasteiger partial charge in [-0.1, -0.05) is 31.1 Å². The SMILES string of the molecule is CC[C@@H](C)c1ccc(NC(=O)CO/N=C\c2cc(OC)ccc2OC)cc1. The van der Waals surface area contributed by atoms with Crippen molar-refractivity contribution in [1.29, 1.82) is 0 Å². The van der Waals surface area contributed by atoms with Gasteiger partial charge in [-0.3, -0.25) is 4.79 Å². The Hall–Kier alpha value is -3.02. The summed E-state index contributed by atoms with van der Waals surface area (Å²) < 4.78 is 10.4. The fourth-order valence-corrected chi connectivity index (χ4v) is 2.46. The molecule has 0 fully saturated rings. The summed E-state index contributed by atoms with van der Waals surface area (Å²) in [5, 5.41) is 6.62. The highest BCUT2D eigenvalue weighted by molar-refractivity contribution is 5.91. The molecule has 6 nitrogen and oxygen atoms in total. The fourth-order valence-electron chi connectivity index (χ4n) is 2.46. The lowest BCUT2D eigenvalue weighted by molar-refractivity contribution is -0.120. The van der Waals surface area contributed by atoms with Crippen LogP contribution in [0.3, 0.4) is 0 Å². The largest absolute Gasteiger partial charge is 0.497 e. The molecule has 1 atom stereocenters. The van der Waals surface area contributed by atoms with Crippen LogP contribution < -0.4 is 14.8 Å². The lowest BCUT2D eigenvalue weighted by atomic mass is 9.99. The van der Waals surface area contributed by atoms with Crippen molar-refractivity contribution < 1.29 is 19.1 Å². The van der Waals surface area contributed by atoms with Crippen molar-refractivity contribution in [3.05, 3.63) is 53.6 Å². The van der Waals surface area contributed by atoms with E-state index in [4.69, 9.17) is 14.3 Å². The molecular weight excluding hydrogens is 344 g/mol. The second kappa shape index (κ2) is 10.2. The van der Waals surface area contributed by atoms with E-state index in [9.17, 15) is 4.79 Å². The van der Waals surface area contributed by atoms with Crippen LogP contribution in [0.2, 0.25) is 0 Å². The van der Waals surface area contributed by atoms with Crippen LogP contribution in [0, 0.1) is 0 Å². The molecule has 0 saturated heterocycles. The number of carbonyl (C=O) groups excluding carboxylic acids is 1. The van der Waals surface area contributed by atoms with E-state index in [0.717, 1.165) is 12.1 Å². The molecule has 2 aromatic carbocycles. The lowest BCUT2D eigenvalue weighted by Crippen LogP contribution is -2.17. The van der Waals surface area contributed by atoms with Crippen LogP contribution in [0.1, 0.15) is 37.3 Å². The summed E-state index contributed by atoms with van der Waals surface area (Å²) in [6, 6.07) is 13.2. The summed E-state index contributed by atoms with van der Waals surface area (Å²) in [6.07, 6.45) is 2.56. The number of amides is 1. The Morgan fingerprint density at radius 1 is 1.15 bits per heavy atom. The van der Waals surface area contributed by atoms with Gasteiger partial charge in [0.1, 0.15) is 11.5 Å². The third kappa shape index (κ3) is 6.02. The molecule has 0 spiro atoms. The zero-order chi connectivity index (χ0) is 19.6. The predicted octanol–water partition coefficient (Wildman–Crippen LogP) is 4.21. The highest BCUT2D eigenvalue weighted by Crippen LogP contribution is 2.22. The third-order valence-corrected chi connectivity index (χ3v) is 4.27. The molecule has 0 aliphatic rings. The smallest absolute Gasteiger partial charge is 0.265 e. The summed E-state index contributed by atoms with van der Waals surface area (Å²) in [5.74, 6) is 1.53. The Morgan fingerprint density at radius 2 is 1.89 bits per heavy atom. The minimum absolute atomic E-state index is 0.185. The Bertz CT molecular complexity index is 772. The van der Waals surface area contributed by atoms with Gasteiger partial charge in [0.05, 0.1) is 20.4 Å². The first kappa shape index (κ1) is 20.3. The number of methoxy groups -OCH3 is 2. The van der Waals surface area contributed by atoms with Crippen molar-refractivity contribution in [3.63, 3.8) is 0 Å². The molecule has 0 bridgehead atoms. The topological polar surface area (TPSA) is 69.2 Å². The number of anilines is 1. The number of rotatable bonds is 9. The van der Waals surface area contributed by atoms with Gasteiger partial charge in [-0.25, -0.2) is 0 Å². The van der Waals surface area contributed by atoms with Gasteiger partial charge in [0.15, 0.2) is 6.61 Å². The number of nitrogens with zero attached hydrogens (tertiary/aromatic N) is 1. The second-order valence-electron chi connectivity index (χ2n) is 6.10. The van der Waals surface area contributed by atoms with Gasteiger partial charge >= 0.3 is 0 Å². The molecule has 1 amide bonds. The van der Waals surface area contributed by atoms with Crippen molar-refractivity contribution in [2.45, 2.75) is 26.2 Å². The van der Waals surface area contributed by atoms with Gasteiger partial charge in [0.2, 0.25) is 0 Å².